The van der Waals surface area contributed by atoms with Crippen LogP contribution in [0.3, 0.4) is 0 Å². The van der Waals surface area contributed by atoms with Crippen molar-refractivity contribution in [3.05, 3.63) is 51.2 Å². The van der Waals surface area contributed by atoms with Crippen LogP contribution in [0.1, 0.15) is 23.5 Å². The number of aliphatic hydroxyl groups excluding tert-OH is 1. The Hall–Kier alpha value is -1.56. The zero-order chi connectivity index (χ0) is 15.4. The molecule has 2 N–H and O–H groups in total. The van der Waals surface area contributed by atoms with E-state index in [2.05, 4.69) is 5.32 Å². The number of benzene rings is 1. The third kappa shape index (κ3) is 4.46. The number of carbonyl (C=O) groups excluding carboxylic acids is 1. The first-order valence-corrected chi connectivity index (χ1v) is 7.69. The molecule has 1 aromatic carbocycles. The number of thiophene rings is 1. The van der Waals surface area contributed by atoms with Gasteiger partial charge in [-0.05, 0) is 36.8 Å². The van der Waals surface area contributed by atoms with Gasteiger partial charge in [0.25, 0.3) is 0 Å². The van der Waals surface area contributed by atoms with Crippen molar-refractivity contribution in [2.75, 3.05) is 12.4 Å². The van der Waals surface area contributed by atoms with Crippen molar-refractivity contribution < 1.29 is 9.90 Å². The number of hydrogen-bond acceptors (Lipinski definition) is 3. The lowest BCUT2D eigenvalue weighted by molar-refractivity contribution is 0.199. The summed E-state index contributed by atoms with van der Waals surface area (Å²) in [5, 5.41) is 12.4. The van der Waals surface area contributed by atoms with Crippen LogP contribution in [0.5, 0.6) is 0 Å². The summed E-state index contributed by atoms with van der Waals surface area (Å²) in [6, 6.07) is 10.7. The van der Waals surface area contributed by atoms with Gasteiger partial charge in [0.05, 0.1) is 17.0 Å². The van der Waals surface area contributed by atoms with E-state index in [0.717, 1.165) is 10.4 Å². The van der Waals surface area contributed by atoms with Crippen LogP contribution < -0.4 is 5.32 Å². The summed E-state index contributed by atoms with van der Waals surface area (Å²) in [6.45, 7) is 2.19. The van der Waals surface area contributed by atoms with Crippen LogP contribution in [-0.2, 0) is 6.54 Å². The second kappa shape index (κ2) is 6.93. The minimum absolute atomic E-state index is 0.206. The number of halogens is 1. The minimum atomic E-state index is -0.562. The molecule has 0 aliphatic rings. The SMILES string of the molecule is CC(O)c1cccc(NC(=O)N(C)Cc2ccc(Cl)s2)c1. The van der Waals surface area contributed by atoms with Crippen molar-refractivity contribution in [2.24, 2.45) is 0 Å². The highest BCUT2D eigenvalue weighted by Crippen LogP contribution is 2.23. The summed E-state index contributed by atoms with van der Waals surface area (Å²) in [5.74, 6) is 0. The van der Waals surface area contributed by atoms with Gasteiger partial charge in [-0.15, -0.1) is 11.3 Å². The van der Waals surface area contributed by atoms with Crippen LogP contribution in [0, 0.1) is 0 Å². The molecule has 0 saturated heterocycles. The highest BCUT2D eigenvalue weighted by Gasteiger charge is 2.11. The zero-order valence-corrected chi connectivity index (χ0v) is 13.4. The van der Waals surface area contributed by atoms with Crippen LogP contribution in [0.2, 0.25) is 4.34 Å². The molecule has 112 valence electrons. The third-order valence-corrected chi connectivity index (χ3v) is 4.20. The van der Waals surface area contributed by atoms with E-state index in [4.69, 9.17) is 11.6 Å². The van der Waals surface area contributed by atoms with Gasteiger partial charge in [-0.3, -0.25) is 0 Å². The van der Waals surface area contributed by atoms with Crippen molar-refractivity contribution in [3.63, 3.8) is 0 Å². The minimum Gasteiger partial charge on any atom is -0.389 e. The van der Waals surface area contributed by atoms with E-state index in [9.17, 15) is 9.90 Å². The molecule has 2 rings (SSSR count). The lowest BCUT2D eigenvalue weighted by atomic mass is 10.1. The average molecular weight is 325 g/mol. The van der Waals surface area contributed by atoms with E-state index in [1.165, 1.54) is 11.3 Å². The summed E-state index contributed by atoms with van der Waals surface area (Å²) in [4.78, 5) is 14.7. The van der Waals surface area contributed by atoms with Gasteiger partial charge in [-0.2, -0.15) is 0 Å². The van der Waals surface area contributed by atoms with Crippen LogP contribution >= 0.6 is 22.9 Å². The van der Waals surface area contributed by atoms with Gasteiger partial charge in [0.2, 0.25) is 0 Å². The van der Waals surface area contributed by atoms with Gasteiger partial charge in [0, 0.05) is 17.6 Å². The molecule has 0 spiro atoms. The van der Waals surface area contributed by atoms with Crippen LogP contribution in [-0.4, -0.2) is 23.1 Å². The van der Waals surface area contributed by atoms with Crippen LogP contribution in [0.15, 0.2) is 36.4 Å². The molecule has 21 heavy (non-hydrogen) atoms. The molecule has 0 fully saturated rings. The van der Waals surface area contributed by atoms with Crippen molar-refractivity contribution in [2.45, 2.75) is 19.6 Å². The molecule has 0 aliphatic heterocycles. The average Bonchev–Trinajstić information content (AvgIpc) is 2.84. The van der Waals surface area contributed by atoms with E-state index < -0.39 is 6.10 Å². The number of amides is 2. The maximum absolute atomic E-state index is 12.1. The Morgan fingerprint density at radius 2 is 2.19 bits per heavy atom. The number of aliphatic hydroxyl groups is 1. The smallest absolute Gasteiger partial charge is 0.321 e. The Morgan fingerprint density at radius 3 is 2.81 bits per heavy atom. The quantitative estimate of drug-likeness (QED) is 0.889. The summed E-state index contributed by atoms with van der Waals surface area (Å²) in [7, 11) is 1.72. The molecule has 1 unspecified atom stereocenters. The molecule has 0 aliphatic carbocycles. The molecule has 2 amide bonds. The summed E-state index contributed by atoms with van der Waals surface area (Å²) in [6.07, 6.45) is -0.562. The van der Waals surface area contributed by atoms with Crippen molar-refractivity contribution >= 4 is 34.7 Å². The molecular formula is C15H17ClN2O2S. The number of carbonyl (C=O) groups is 1. The Bertz CT molecular complexity index is 628. The molecule has 1 atom stereocenters. The fourth-order valence-electron chi connectivity index (χ4n) is 1.84. The lowest BCUT2D eigenvalue weighted by Crippen LogP contribution is -2.30. The largest absolute Gasteiger partial charge is 0.389 e. The third-order valence-electron chi connectivity index (χ3n) is 2.99. The topological polar surface area (TPSA) is 52.6 Å². The molecule has 1 aromatic heterocycles. The molecule has 4 nitrogen and oxygen atoms in total. The van der Waals surface area contributed by atoms with Crippen molar-refractivity contribution in [1.29, 1.82) is 0 Å². The standard InChI is InChI=1S/C15H17ClN2O2S/c1-10(19)11-4-3-5-12(8-11)17-15(20)18(2)9-13-6-7-14(16)21-13/h3-8,10,19H,9H2,1-2H3,(H,17,20). The summed E-state index contributed by atoms with van der Waals surface area (Å²) < 4.78 is 0.712. The van der Waals surface area contributed by atoms with Gasteiger partial charge >= 0.3 is 6.03 Å². The fraction of sp³-hybridized carbons (Fsp3) is 0.267. The number of hydrogen-bond donors (Lipinski definition) is 2. The van der Waals surface area contributed by atoms with E-state index >= 15 is 0 Å². The Morgan fingerprint density at radius 1 is 1.43 bits per heavy atom. The van der Waals surface area contributed by atoms with Crippen LogP contribution in [0.25, 0.3) is 0 Å². The fourth-order valence-corrected chi connectivity index (χ4v) is 2.98. The molecule has 1 heterocycles. The number of nitrogens with zero attached hydrogens (tertiary/aromatic N) is 1. The number of anilines is 1. The highest BCUT2D eigenvalue weighted by atomic mass is 35.5. The predicted octanol–water partition coefficient (Wildman–Crippen LogP) is 4.12. The first kappa shape index (κ1) is 15.8. The van der Waals surface area contributed by atoms with E-state index in [-0.39, 0.29) is 6.03 Å². The van der Waals surface area contributed by atoms with Gasteiger partial charge in [-0.1, -0.05) is 23.7 Å². The maximum Gasteiger partial charge on any atom is 0.321 e. The zero-order valence-electron chi connectivity index (χ0n) is 11.8. The molecule has 6 heteroatoms. The van der Waals surface area contributed by atoms with E-state index in [0.29, 0.717) is 16.6 Å². The van der Waals surface area contributed by atoms with Gasteiger partial charge in [-0.25, -0.2) is 4.79 Å². The van der Waals surface area contributed by atoms with Gasteiger partial charge < -0.3 is 15.3 Å². The molecule has 0 bridgehead atoms. The Kier molecular flexibility index (Phi) is 5.22. The van der Waals surface area contributed by atoms with Gasteiger partial charge in [0.15, 0.2) is 0 Å². The number of rotatable bonds is 4. The molecule has 0 saturated carbocycles. The predicted molar refractivity (Wildman–Crippen MR) is 86.9 cm³/mol. The lowest BCUT2D eigenvalue weighted by Gasteiger charge is -2.17. The monoisotopic (exact) mass is 324 g/mol. The second-order valence-corrected chi connectivity index (χ2v) is 6.59. The summed E-state index contributed by atoms with van der Waals surface area (Å²) >= 11 is 7.33. The van der Waals surface area contributed by atoms with Crippen molar-refractivity contribution in [3.8, 4) is 0 Å². The van der Waals surface area contributed by atoms with E-state index in [1.54, 1.807) is 37.1 Å². The molecule has 2 aromatic rings. The normalized spacial score (nSPS) is 12.0. The Balaban J connectivity index is 1.98. The summed E-state index contributed by atoms with van der Waals surface area (Å²) in [5.41, 5.74) is 1.43. The van der Waals surface area contributed by atoms with Gasteiger partial charge in [0.1, 0.15) is 0 Å². The van der Waals surface area contributed by atoms with Crippen LogP contribution in [0.4, 0.5) is 10.5 Å². The number of urea groups is 1. The van der Waals surface area contributed by atoms with Crippen molar-refractivity contribution in [1.82, 2.24) is 4.90 Å². The first-order valence-electron chi connectivity index (χ1n) is 6.50. The molecular weight excluding hydrogens is 308 g/mol. The maximum atomic E-state index is 12.1. The Labute approximate surface area is 133 Å². The highest BCUT2D eigenvalue weighted by molar-refractivity contribution is 7.16. The second-order valence-electron chi connectivity index (χ2n) is 4.79. The van der Waals surface area contributed by atoms with E-state index in [1.807, 2.05) is 18.2 Å². The first-order chi connectivity index (χ1) is 9.95. The number of nitrogens with one attached hydrogen (secondary N) is 1. The molecule has 0 radical (unpaired) electrons.